The van der Waals surface area contributed by atoms with Gasteiger partial charge in [0.15, 0.2) is 11.3 Å². The minimum absolute atomic E-state index is 0.0319. The number of Topliss-reactive ketones (excluding diaryl/α,β-unsaturated/α-hetero) is 1. The van der Waals surface area contributed by atoms with Crippen LogP contribution in [-0.2, 0) is 14.4 Å². The maximum atomic E-state index is 14.2. The molecule has 5 N–H and O–H groups in total. The number of piperidine rings is 1. The number of para-hydroxylation sites is 1. The van der Waals surface area contributed by atoms with Crippen molar-refractivity contribution in [3.63, 3.8) is 0 Å². The number of fused-ring (bicyclic) bond motifs is 1. The zero-order chi connectivity index (χ0) is 45.5. The Bertz CT molecular complexity index is 2380. The second-order valence-electron chi connectivity index (χ2n) is 18.9. The van der Waals surface area contributed by atoms with Gasteiger partial charge in [-0.25, -0.2) is 4.98 Å². The number of aromatic nitrogens is 5. The number of amides is 2. The van der Waals surface area contributed by atoms with Gasteiger partial charge in [-0.3, -0.25) is 19.1 Å². The number of benzene rings is 2. The van der Waals surface area contributed by atoms with Gasteiger partial charge in [0.2, 0.25) is 11.8 Å². The molecule has 2 aliphatic rings. The molecule has 0 unspecified atom stereocenters. The van der Waals surface area contributed by atoms with Crippen LogP contribution in [0.3, 0.4) is 0 Å². The Balaban J connectivity index is 0.807. The molecule has 15 heteroatoms. The lowest BCUT2D eigenvalue weighted by atomic mass is 9.76. The fraction of sp³-hybridized carbons (Fsp3) is 0.531. The number of ketones is 1. The minimum atomic E-state index is -0.896. The van der Waals surface area contributed by atoms with E-state index in [9.17, 15) is 24.6 Å². The van der Waals surface area contributed by atoms with Crippen LogP contribution in [0.4, 0.5) is 5.82 Å². The number of β-amino-alcohol motifs (C(OH)–C–C–N with tert-alkyl or cyclic N) is 1. The summed E-state index contributed by atoms with van der Waals surface area (Å²) >= 11 is 1.59. The number of carbonyl (C=O) groups excluding carboxylic acids is 3. The number of hydrogen-bond donors (Lipinski definition) is 4. The first-order valence-corrected chi connectivity index (χ1v) is 23.9. The largest absolute Gasteiger partial charge is 0.507 e. The quantitative estimate of drug-likeness (QED) is 0.0492. The molecule has 5 aromatic rings. The second-order valence-corrected chi connectivity index (χ2v) is 19.7. The predicted octanol–water partition coefficient (Wildman–Crippen LogP) is 8.04. The van der Waals surface area contributed by atoms with Crippen molar-refractivity contribution in [2.24, 2.45) is 11.3 Å². The molecule has 5 heterocycles. The number of thiazole rings is 1. The van der Waals surface area contributed by atoms with Crippen molar-refractivity contribution in [2.75, 3.05) is 31.9 Å². The maximum absolute atomic E-state index is 14.2. The maximum Gasteiger partial charge on any atom is 0.243 e. The van der Waals surface area contributed by atoms with Crippen molar-refractivity contribution in [2.45, 2.75) is 129 Å². The van der Waals surface area contributed by atoms with Gasteiger partial charge in [-0.05, 0) is 80.8 Å². The van der Waals surface area contributed by atoms with E-state index in [1.54, 1.807) is 23.5 Å². The molecule has 2 aromatic carbocycles. The van der Waals surface area contributed by atoms with Crippen LogP contribution < -0.4 is 11.1 Å². The molecule has 7 rings (SSSR count). The third kappa shape index (κ3) is 11.0. The van der Waals surface area contributed by atoms with Gasteiger partial charge in [0.05, 0.1) is 45.5 Å². The Labute approximate surface area is 380 Å². The number of hydrogen-bond acceptors (Lipinski definition) is 12. The number of aliphatic hydroxyl groups excluding tert-OH is 1. The number of phenols is 1. The van der Waals surface area contributed by atoms with Gasteiger partial charge < -0.3 is 31.1 Å². The van der Waals surface area contributed by atoms with Crippen LogP contribution in [0.5, 0.6) is 5.75 Å². The third-order valence-electron chi connectivity index (χ3n) is 13.0. The summed E-state index contributed by atoms with van der Waals surface area (Å²) in [5.74, 6) is -1.17. The highest BCUT2D eigenvalue weighted by molar-refractivity contribution is 7.13. The van der Waals surface area contributed by atoms with Crippen molar-refractivity contribution in [3.8, 4) is 27.4 Å². The van der Waals surface area contributed by atoms with E-state index in [2.05, 4.69) is 30.5 Å². The number of nitrogen functional groups attached to an aromatic ring is 1. The number of aromatic hydroxyl groups is 1. The van der Waals surface area contributed by atoms with Crippen LogP contribution in [0.2, 0.25) is 0 Å². The summed E-state index contributed by atoms with van der Waals surface area (Å²) in [7, 11) is 0. The molecule has 3 aromatic heterocycles. The number of aryl methyl sites for hydroxylation is 1. The third-order valence-corrected chi connectivity index (χ3v) is 14.0. The Kier molecular flexibility index (Phi) is 15.1. The zero-order valence-electron chi connectivity index (χ0n) is 38.0. The monoisotopic (exact) mass is 891 g/mol. The number of nitrogens with two attached hydrogens (primary N) is 1. The Hall–Kier alpha value is -5.25. The zero-order valence-corrected chi connectivity index (χ0v) is 38.8. The molecule has 2 saturated heterocycles. The highest BCUT2D eigenvalue weighted by Gasteiger charge is 2.46. The van der Waals surface area contributed by atoms with Crippen LogP contribution >= 0.6 is 11.3 Å². The lowest BCUT2D eigenvalue weighted by molar-refractivity contribution is -0.149. The molecule has 2 aliphatic heterocycles. The smallest absolute Gasteiger partial charge is 0.243 e. The molecule has 2 amide bonds. The van der Waals surface area contributed by atoms with E-state index in [4.69, 9.17) is 5.73 Å². The Morgan fingerprint density at radius 1 is 0.953 bits per heavy atom. The highest BCUT2D eigenvalue weighted by atomic mass is 32.1. The molecule has 0 aliphatic carbocycles. The van der Waals surface area contributed by atoms with E-state index in [0.717, 1.165) is 105 Å². The molecule has 342 valence electrons. The average molecular weight is 892 g/mol. The molecule has 0 bridgehead atoms. The van der Waals surface area contributed by atoms with Crippen LogP contribution in [0.1, 0.15) is 122 Å². The second kappa shape index (κ2) is 20.7. The summed E-state index contributed by atoms with van der Waals surface area (Å²) in [5.41, 5.74) is 13.0. The summed E-state index contributed by atoms with van der Waals surface area (Å²) in [6, 6.07) is 16.1. The number of aliphatic hydroxyl groups is 1. The van der Waals surface area contributed by atoms with E-state index in [0.29, 0.717) is 29.0 Å². The molecular weight excluding hydrogens is 827 g/mol. The van der Waals surface area contributed by atoms with Crippen molar-refractivity contribution < 1.29 is 24.6 Å². The Morgan fingerprint density at radius 2 is 1.64 bits per heavy atom. The summed E-state index contributed by atoms with van der Waals surface area (Å²) in [6.07, 6.45) is 8.77. The fourth-order valence-electron chi connectivity index (χ4n) is 9.46. The highest BCUT2D eigenvalue weighted by Crippen LogP contribution is 2.35. The number of nitrogens with one attached hydrogen (secondary N) is 1. The molecule has 0 radical (unpaired) electrons. The molecule has 4 atom stereocenters. The minimum Gasteiger partial charge on any atom is -0.507 e. The van der Waals surface area contributed by atoms with E-state index in [1.807, 2.05) is 87.3 Å². The topological polar surface area (TPSA) is 193 Å². The van der Waals surface area contributed by atoms with Crippen molar-refractivity contribution in [3.05, 3.63) is 71.4 Å². The lowest BCUT2D eigenvalue weighted by Crippen LogP contribution is -2.51. The average Bonchev–Trinajstić information content (AvgIpc) is 3.98. The van der Waals surface area contributed by atoms with Gasteiger partial charge in [0.25, 0.3) is 0 Å². The first-order chi connectivity index (χ1) is 30.7. The van der Waals surface area contributed by atoms with Gasteiger partial charge >= 0.3 is 0 Å². The van der Waals surface area contributed by atoms with E-state index >= 15 is 0 Å². The van der Waals surface area contributed by atoms with Gasteiger partial charge in [-0.15, -0.1) is 21.5 Å². The molecule has 14 nitrogen and oxygen atoms in total. The first-order valence-electron chi connectivity index (χ1n) is 23.0. The van der Waals surface area contributed by atoms with E-state index in [1.165, 1.54) is 4.90 Å². The number of rotatable bonds is 18. The summed E-state index contributed by atoms with van der Waals surface area (Å²) < 4.78 is 2.00. The molecule has 2 fully saturated rings. The fourth-order valence-corrected chi connectivity index (χ4v) is 10.3. The number of anilines is 1. The summed E-state index contributed by atoms with van der Waals surface area (Å²) in [5, 5.41) is 37.4. The van der Waals surface area contributed by atoms with Gasteiger partial charge in [-0.1, -0.05) is 89.3 Å². The predicted molar refractivity (Wildman–Crippen MR) is 251 cm³/mol. The van der Waals surface area contributed by atoms with E-state index in [-0.39, 0.29) is 48.4 Å². The number of phenolic OH excluding ortho intramolecular Hbond substituents is 1. The number of unbranched alkanes of at least 4 members (excludes halogenated alkanes) is 6. The van der Waals surface area contributed by atoms with Gasteiger partial charge in [0.1, 0.15) is 23.5 Å². The number of likely N-dealkylation sites (tertiary alicyclic amines) is 2. The summed E-state index contributed by atoms with van der Waals surface area (Å²) in [4.78, 5) is 51.0. The number of carbonyl (C=O) groups is 3. The molecule has 0 spiro atoms. The lowest BCUT2D eigenvalue weighted by Gasteiger charge is -2.34. The van der Waals surface area contributed by atoms with Crippen molar-refractivity contribution in [1.29, 1.82) is 0 Å². The van der Waals surface area contributed by atoms with Crippen LogP contribution in [0.25, 0.3) is 32.7 Å². The van der Waals surface area contributed by atoms with E-state index < -0.39 is 23.5 Å². The number of nitrogens with zero attached hydrogens (tertiary/aromatic N) is 7. The van der Waals surface area contributed by atoms with Gasteiger partial charge in [-0.2, -0.15) is 5.10 Å². The molecular formula is C49H65N9O5S. The normalized spacial score (nSPS) is 18.4. The van der Waals surface area contributed by atoms with Gasteiger partial charge in [0, 0.05) is 38.0 Å². The Morgan fingerprint density at radius 3 is 2.31 bits per heavy atom. The SMILES string of the molecule is Cc1ncsc1-c1ccc([C@H](C)NC(=O)[C@@H]2C[C@@H](O)CN2C(=O)[C@H](C(=O)CCCCCCCCCN2CCC(n3nc(N)c4nnc(-c5ccccc5O)cc43)CC2)C(C)(C)C)cc1. The molecule has 0 saturated carbocycles. The van der Waals surface area contributed by atoms with Crippen LogP contribution in [0.15, 0.2) is 60.1 Å². The van der Waals surface area contributed by atoms with Crippen molar-refractivity contribution >= 4 is 45.8 Å². The van der Waals surface area contributed by atoms with Crippen LogP contribution in [0, 0.1) is 18.3 Å². The standard InChI is InChI=1S/C49H65N9O5S/c1-31(33-18-20-34(21-19-33)45-32(2)51-30-64-45)52-47(62)40-27-36(59)29-57(40)48(63)43(49(3,4)5)42(61)17-11-9-7-6-8-10-14-24-56-25-22-35(23-26-56)58-39-28-38(37-15-12-13-16-41(37)60)53-54-44(39)46(50)55-58/h12-13,15-16,18-21,28,30-31,35-36,40,43,59-60H,6-11,14,17,22-27,29H2,1-5H3,(H2,50,55)(H,52,62)/t31-,36+,40-,43-/m0/s1. The first kappa shape index (κ1) is 46.7. The van der Waals surface area contributed by atoms with Crippen LogP contribution in [-0.4, -0.2) is 101 Å². The van der Waals surface area contributed by atoms with Crippen molar-refractivity contribution in [1.82, 2.24) is 40.1 Å². The molecule has 64 heavy (non-hydrogen) atoms. The summed E-state index contributed by atoms with van der Waals surface area (Å²) in [6.45, 7) is 12.7.